The molecule has 3 rings (SSSR count). The van der Waals surface area contributed by atoms with Gasteiger partial charge in [-0.1, -0.05) is 55.5 Å². The highest BCUT2D eigenvalue weighted by atomic mass is 16.2. The number of nitrogens with one attached hydrogen (secondary N) is 1. The summed E-state index contributed by atoms with van der Waals surface area (Å²) >= 11 is 0. The van der Waals surface area contributed by atoms with Gasteiger partial charge in [0.1, 0.15) is 0 Å². The molecule has 2 aromatic carbocycles. The number of hydrogen-bond donors (Lipinski definition) is 1. The van der Waals surface area contributed by atoms with Gasteiger partial charge in [-0.2, -0.15) is 5.10 Å². The number of hydrogen-bond acceptors (Lipinski definition) is 3. The number of para-hydroxylation sites is 2. The van der Waals surface area contributed by atoms with Gasteiger partial charge in [0.05, 0.1) is 23.3 Å². The third-order valence-electron chi connectivity index (χ3n) is 3.87. The molecule has 0 spiro atoms. The topological polar surface area (TPSA) is 59.3 Å². The molecule has 1 aromatic heterocycles. The lowest BCUT2D eigenvalue weighted by Crippen LogP contribution is -2.27. The Morgan fingerprint density at radius 3 is 2.80 bits per heavy atom. The number of amides is 1. The molecule has 3 aromatic rings. The second-order valence-electron chi connectivity index (χ2n) is 5.81. The van der Waals surface area contributed by atoms with E-state index in [0.29, 0.717) is 6.54 Å². The molecule has 0 aliphatic heterocycles. The molecule has 0 bridgehead atoms. The van der Waals surface area contributed by atoms with Crippen molar-refractivity contribution in [1.82, 2.24) is 15.0 Å². The fourth-order valence-electron chi connectivity index (χ4n) is 2.51. The number of benzene rings is 2. The number of allylic oxidation sites excluding steroid dienone is 1. The second kappa shape index (κ2) is 8.06. The van der Waals surface area contributed by atoms with Crippen LogP contribution in [0.5, 0.6) is 0 Å². The van der Waals surface area contributed by atoms with E-state index in [2.05, 4.69) is 15.5 Å². The predicted molar refractivity (Wildman–Crippen MR) is 101 cm³/mol. The van der Waals surface area contributed by atoms with Crippen molar-refractivity contribution in [2.24, 2.45) is 11.0 Å². The summed E-state index contributed by atoms with van der Waals surface area (Å²) in [5.74, 6) is -0.338. The van der Waals surface area contributed by atoms with Crippen molar-refractivity contribution in [3.63, 3.8) is 0 Å². The summed E-state index contributed by atoms with van der Waals surface area (Å²) < 4.78 is 1.98. The summed E-state index contributed by atoms with van der Waals surface area (Å²) in [7, 11) is 0. The maximum absolute atomic E-state index is 12.2. The van der Waals surface area contributed by atoms with Crippen LogP contribution in [0.25, 0.3) is 17.1 Å². The average molecular weight is 332 g/mol. The van der Waals surface area contributed by atoms with Crippen molar-refractivity contribution in [3.8, 4) is 0 Å². The van der Waals surface area contributed by atoms with E-state index in [1.165, 1.54) is 0 Å². The standard InChI is InChI=1S/C20H20N4O/c1-16(14-24-15-21-18-11-5-6-12-19(18)24)20(25)23-22-13-7-10-17-8-3-2-4-9-17/h2-13,15-16H,14H2,1H3,(H,23,25)/b10-7+,22-13-/t16-/m0/s1. The van der Waals surface area contributed by atoms with E-state index in [1.807, 2.05) is 72.2 Å². The molecule has 0 unspecified atom stereocenters. The van der Waals surface area contributed by atoms with E-state index < -0.39 is 0 Å². The van der Waals surface area contributed by atoms with Crippen LogP contribution in [-0.4, -0.2) is 21.7 Å². The SMILES string of the molecule is C[C@@H](Cn1cnc2ccccc21)C(=O)N/N=C\C=C\c1ccccc1. The van der Waals surface area contributed by atoms with Gasteiger partial charge in [-0.15, -0.1) is 0 Å². The zero-order chi connectivity index (χ0) is 17.5. The lowest BCUT2D eigenvalue weighted by Gasteiger charge is -2.11. The summed E-state index contributed by atoms with van der Waals surface area (Å²) in [5.41, 5.74) is 5.61. The van der Waals surface area contributed by atoms with Gasteiger partial charge in [-0.25, -0.2) is 10.4 Å². The molecule has 25 heavy (non-hydrogen) atoms. The number of nitrogens with zero attached hydrogens (tertiary/aromatic N) is 3. The minimum absolute atomic E-state index is 0.123. The van der Waals surface area contributed by atoms with E-state index in [4.69, 9.17) is 0 Å². The molecule has 1 amide bonds. The van der Waals surface area contributed by atoms with Crippen molar-refractivity contribution in [2.75, 3.05) is 0 Å². The average Bonchev–Trinajstić information content (AvgIpc) is 3.05. The van der Waals surface area contributed by atoms with Crippen molar-refractivity contribution in [1.29, 1.82) is 0 Å². The second-order valence-corrected chi connectivity index (χ2v) is 5.81. The highest BCUT2D eigenvalue weighted by molar-refractivity contribution is 5.82. The highest BCUT2D eigenvalue weighted by Gasteiger charge is 2.14. The molecule has 0 saturated carbocycles. The summed E-state index contributed by atoms with van der Waals surface area (Å²) in [6.07, 6.45) is 7.06. The quantitative estimate of drug-likeness (QED) is 0.555. The van der Waals surface area contributed by atoms with Gasteiger partial charge < -0.3 is 4.57 Å². The Morgan fingerprint density at radius 2 is 1.96 bits per heavy atom. The number of fused-ring (bicyclic) bond motifs is 1. The molecule has 0 saturated heterocycles. The fraction of sp³-hybridized carbons (Fsp3) is 0.150. The maximum atomic E-state index is 12.2. The smallest absolute Gasteiger partial charge is 0.244 e. The Labute approximate surface area is 146 Å². The largest absolute Gasteiger partial charge is 0.330 e. The fourth-order valence-corrected chi connectivity index (χ4v) is 2.51. The van der Waals surface area contributed by atoms with Gasteiger partial charge in [0.15, 0.2) is 0 Å². The summed E-state index contributed by atoms with van der Waals surface area (Å²) in [5, 5.41) is 3.96. The van der Waals surface area contributed by atoms with Gasteiger partial charge in [-0.05, 0) is 23.8 Å². The van der Waals surface area contributed by atoms with Crippen LogP contribution in [0.2, 0.25) is 0 Å². The molecule has 0 aliphatic rings. The van der Waals surface area contributed by atoms with Crippen LogP contribution in [-0.2, 0) is 11.3 Å². The summed E-state index contributed by atoms with van der Waals surface area (Å²) in [6.45, 7) is 2.43. The van der Waals surface area contributed by atoms with Crippen LogP contribution in [0.1, 0.15) is 12.5 Å². The van der Waals surface area contributed by atoms with E-state index in [9.17, 15) is 4.79 Å². The molecule has 1 N–H and O–H groups in total. The van der Waals surface area contributed by atoms with E-state index >= 15 is 0 Å². The lowest BCUT2D eigenvalue weighted by molar-refractivity contribution is -0.124. The van der Waals surface area contributed by atoms with Crippen molar-refractivity contribution >= 4 is 29.2 Å². The third kappa shape index (κ3) is 4.41. The van der Waals surface area contributed by atoms with Crippen LogP contribution in [0, 0.1) is 5.92 Å². The third-order valence-corrected chi connectivity index (χ3v) is 3.87. The van der Waals surface area contributed by atoms with Gasteiger partial charge in [0.2, 0.25) is 5.91 Å². The molecule has 0 radical (unpaired) electrons. The van der Waals surface area contributed by atoms with Crippen LogP contribution in [0.3, 0.4) is 0 Å². The number of imidazole rings is 1. The Hall–Kier alpha value is -3.21. The minimum atomic E-state index is -0.215. The molecular formula is C20H20N4O. The summed E-state index contributed by atoms with van der Waals surface area (Å²) in [6, 6.07) is 17.8. The molecule has 0 fully saturated rings. The first-order valence-electron chi connectivity index (χ1n) is 8.18. The Kier molecular flexibility index (Phi) is 5.36. The van der Waals surface area contributed by atoms with E-state index in [-0.39, 0.29) is 11.8 Å². The zero-order valence-electron chi connectivity index (χ0n) is 14.0. The van der Waals surface area contributed by atoms with Crippen molar-refractivity contribution < 1.29 is 4.79 Å². The molecule has 126 valence electrons. The van der Waals surface area contributed by atoms with Crippen LogP contribution >= 0.6 is 0 Å². The van der Waals surface area contributed by atoms with Gasteiger partial charge in [0.25, 0.3) is 0 Å². The molecule has 1 atom stereocenters. The van der Waals surface area contributed by atoms with E-state index in [0.717, 1.165) is 16.6 Å². The molecular weight excluding hydrogens is 312 g/mol. The van der Waals surface area contributed by atoms with Gasteiger partial charge >= 0.3 is 0 Å². The molecule has 0 aliphatic carbocycles. The number of carbonyl (C=O) groups excluding carboxylic acids is 1. The number of aromatic nitrogens is 2. The minimum Gasteiger partial charge on any atom is -0.330 e. The predicted octanol–water partition coefficient (Wildman–Crippen LogP) is 3.49. The zero-order valence-corrected chi connectivity index (χ0v) is 14.0. The van der Waals surface area contributed by atoms with E-state index in [1.54, 1.807) is 18.6 Å². The maximum Gasteiger partial charge on any atom is 0.244 e. The first-order chi connectivity index (χ1) is 12.2. The highest BCUT2D eigenvalue weighted by Crippen LogP contribution is 2.13. The Morgan fingerprint density at radius 1 is 1.20 bits per heavy atom. The van der Waals surface area contributed by atoms with Crippen molar-refractivity contribution in [2.45, 2.75) is 13.5 Å². The monoisotopic (exact) mass is 332 g/mol. The normalized spacial score (nSPS) is 12.8. The molecule has 5 nitrogen and oxygen atoms in total. The van der Waals surface area contributed by atoms with Crippen LogP contribution < -0.4 is 5.43 Å². The molecule has 1 heterocycles. The van der Waals surface area contributed by atoms with Crippen molar-refractivity contribution in [3.05, 3.63) is 72.6 Å². The number of carbonyl (C=O) groups is 1. The Bertz CT molecular complexity index is 896. The van der Waals surface area contributed by atoms with Crippen LogP contribution in [0.15, 0.2) is 72.1 Å². The van der Waals surface area contributed by atoms with Crippen LogP contribution in [0.4, 0.5) is 0 Å². The van der Waals surface area contributed by atoms with Gasteiger partial charge in [-0.3, -0.25) is 4.79 Å². The molecule has 5 heteroatoms. The summed E-state index contributed by atoms with van der Waals surface area (Å²) in [4.78, 5) is 16.5. The Balaban J connectivity index is 1.52. The first kappa shape index (κ1) is 16.6. The lowest BCUT2D eigenvalue weighted by atomic mass is 10.1. The van der Waals surface area contributed by atoms with Gasteiger partial charge in [0, 0.05) is 12.8 Å². The number of hydrazone groups is 1. The first-order valence-corrected chi connectivity index (χ1v) is 8.18. The number of rotatable bonds is 6.